The molecule has 0 spiro atoms. The summed E-state index contributed by atoms with van der Waals surface area (Å²) in [7, 11) is 0. The van der Waals surface area contributed by atoms with Gasteiger partial charge in [-0.25, -0.2) is 4.98 Å². The number of amides is 2. The molecule has 2 amide bonds. The number of aryl methyl sites for hydroxylation is 1. The molecule has 1 aliphatic heterocycles. The average molecular weight is 319 g/mol. The third-order valence-electron chi connectivity index (χ3n) is 3.78. The maximum atomic E-state index is 12.5. The van der Waals surface area contributed by atoms with E-state index in [1.165, 1.54) is 23.9 Å². The molecule has 2 aromatic rings. The summed E-state index contributed by atoms with van der Waals surface area (Å²) in [6, 6.07) is 1.66. The third kappa shape index (κ3) is 2.89. The van der Waals surface area contributed by atoms with Crippen LogP contribution < -0.4 is 0 Å². The highest BCUT2D eigenvalue weighted by Gasteiger charge is 2.25. The van der Waals surface area contributed by atoms with Crippen molar-refractivity contribution >= 4 is 23.2 Å². The van der Waals surface area contributed by atoms with Crippen LogP contribution >= 0.6 is 11.3 Å². The molecule has 3 rings (SSSR count). The van der Waals surface area contributed by atoms with Gasteiger partial charge in [0.15, 0.2) is 0 Å². The zero-order chi connectivity index (χ0) is 15.5. The second-order valence-corrected chi connectivity index (χ2v) is 6.07. The maximum Gasteiger partial charge on any atom is 0.265 e. The van der Waals surface area contributed by atoms with Crippen LogP contribution in [0.4, 0.5) is 0 Å². The van der Waals surface area contributed by atoms with E-state index in [0.29, 0.717) is 36.6 Å². The van der Waals surface area contributed by atoms with Crippen molar-refractivity contribution in [2.45, 2.75) is 13.3 Å². The van der Waals surface area contributed by atoms with E-state index in [2.05, 4.69) is 4.98 Å². The average Bonchev–Trinajstić information content (AvgIpc) is 3.12. The lowest BCUT2D eigenvalue weighted by atomic mass is 10.3. The second kappa shape index (κ2) is 6.31. The van der Waals surface area contributed by atoms with Gasteiger partial charge in [-0.2, -0.15) is 0 Å². The molecular weight excluding hydrogens is 302 g/mol. The Balaban J connectivity index is 1.66. The normalized spacial score (nSPS) is 15.7. The number of thiazole rings is 1. The van der Waals surface area contributed by atoms with Crippen LogP contribution in [0.1, 0.15) is 32.1 Å². The topological polar surface area (TPSA) is 66.7 Å². The highest BCUT2D eigenvalue weighted by Crippen LogP contribution is 2.17. The summed E-state index contributed by atoms with van der Waals surface area (Å²) in [5.41, 5.74) is 3.01. The number of furan rings is 1. The van der Waals surface area contributed by atoms with Crippen LogP contribution in [0.2, 0.25) is 0 Å². The first-order valence-corrected chi connectivity index (χ1v) is 8.05. The van der Waals surface area contributed by atoms with Gasteiger partial charge in [0.05, 0.1) is 23.0 Å². The highest BCUT2D eigenvalue weighted by molar-refractivity contribution is 7.11. The molecule has 0 aromatic carbocycles. The Morgan fingerprint density at radius 1 is 1.18 bits per heavy atom. The lowest BCUT2D eigenvalue weighted by molar-refractivity contribution is 0.0720. The van der Waals surface area contributed by atoms with Crippen molar-refractivity contribution < 1.29 is 14.0 Å². The molecule has 0 radical (unpaired) electrons. The van der Waals surface area contributed by atoms with Gasteiger partial charge in [-0.1, -0.05) is 0 Å². The van der Waals surface area contributed by atoms with Gasteiger partial charge in [-0.3, -0.25) is 9.59 Å². The first-order valence-electron chi connectivity index (χ1n) is 7.17. The van der Waals surface area contributed by atoms with Gasteiger partial charge < -0.3 is 14.2 Å². The van der Waals surface area contributed by atoms with E-state index in [4.69, 9.17) is 4.42 Å². The molecule has 0 aliphatic carbocycles. The van der Waals surface area contributed by atoms with Crippen molar-refractivity contribution in [3.05, 3.63) is 40.2 Å². The van der Waals surface area contributed by atoms with Crippen LogP contribution in [0.15, 0.2) is 28.5 Å². The number of aromatic nitrogens is 1. The van der Waals surface area contributed by atoms with E-state index in [1.807, 2.05) is 11.8 Å². The van der Waals surface area contributed by atoms with Crippen LogP contribution in [0.3, 0.4) is 0 Å². The zero-order valence-electron chi connectivity index (χ0n) is 12.3. The molecule has 6 nitrogen and oxygen atoms in total. The SMILES string of the molecule is Cc1ncsc1C(=O)N1CCCN(C(=O)c2ccoc2)CC1. The molecule has 116 valence electrons. The largest absolute Gasteiger partial charge is 0.472 e. The van der Waals surface area contributed by atoms with Crippen molar-refractivity contribution in [2.75, 3.05) is 26.2 Å². The Morgan fingerprint density at radius 3 is 2.50 bits per heavy atom. The summed E-state index contributed by atoms with van der Waals surface area (Å²) in [5.74, 6) is -0.0328. The molecule has 7 heteroatoms. The number of carbonyl (C=O) groups excluding carboxylic acids is 2. The maximum absolute atomic E-state index is 12.5. The molecule has 0 N–H and O–H groups in total. The monoisotopic (exact) mass is 319 g/mol. The van der Waals surface area contributed by atoms with Crippen molar-refractivity contribution in [3.63, 3.8) is 0 Å². The fraction of sp³-hybridized carbons (Fsp3) is 0.400. The van der Waals surface area contributed by atoms with Crippen LogP contribution in [0, 0.1) is 6.92 Å². The summed E-state index contributed by atoms with van der Waals surface area (Å²) in [4.78, 5) is 33.2. The van der Waals surface area contributed by atoms with Crippen LogP contribution in [0.5, 0.6) is 0 Å². The quantitative estimate of drug-likeness (QED) is 0.849. The minimum absolute atomic E-state index is 0.0117. The van der Waals surface area contributed by atoms with Gasteiger partial charge >= 0.3 is 0 Å². The number of rotatable bonds is 2. The van der Waals surface area contributed by atoms with Crippen LogP contribution in [0.25, 0.3) is 0 Å². The van der Waals surface area contributed by atoms with E-state index < -0.39 is 0 Å². The standard InChI is InChI=1S/C15H17N3O3S/c1-11-13(22-10-16-11)15(20)18-5-2-4-17(6-7-18)14(19)12-3-8-21-9-12/h3,8-10H,2,4-7H2,1H3. The molecule has 1 aliphatic rings. The van der Waals surface area contributed by atoms with Gasteiger partial charge in [-0.05, 0) is 19.4 Å². The Morgan fingerprint density at radius 2 is 1.91 bits per heavy atom. The number of hydrogen-bond acceptors (Lipinski definition) is 5. The number of nitrogens with zero attached hydrogens (tertiary/aromatic N) is 3. The third-order valence-corrected chi connectivity index (χ3v) is 4.69. The first kappa shape index (κ1) is 14.8. The molecule has 2 aromatic heterocycles. The smallest absolute Gasteiger partial charge is 0.265 e. The molecule has 1 saturated heterocycles. The summed E-state index contributed by atoms with van der Waals surface area (Å²) in [6.07, 6.45) is 3.72. The number of carbonyl (C=O) groups is 2. The molecule has 1 fully saturated rings. The second-order valence-electron chi connectivity index (χ2n) is 5.22. The van der Waals surface area contributed by atoms with Gasteiger partial charge in [0, 0.05) is 26.2 Å². The summed E-state index contributed by atoms with van der Waals surface area (Å²) in [6.45, 7) is 4.23. The summed E-state index contributed by atoms with van der Waals surface area (Å²) in [5, 5.41) is 0. The summed E-state index contributed by atoms with van der Waals surface area (Å²) < 4.78 is 4.96. The van der Waals surface area contributed by atoms with Gasteiger partial charge in [0.1, 0.15) is 11.1 Å². The predicted octanol–water partition coefficient (Wildman–Crippen LogP) is 2.03. The van der Waals surface area contributed by atoms with Crippen molar-refractivity contribution in [1.29, 1.82) is 0 Å². The van der Waals surface area contributed by atoms with Crippen molar-refractivity contribution in [3.8, 4) is 0 Å². The fourth-order valence-electron chi connectivity index (χ4n) is 2.54. The van der Waals surface area contributed by atoms with Gasteiger partial charge in [-0.15, -0.1) is 11.3 Å². The molecule has 0 saturated carbocycles. The van der Waals surface area contributed by atoms with Crippen molar-refractivity contribution in [2.24, 2.45) is 0 Å². The fourth-order valence-corrected chi connectivity index (χ4v) is 3.31. The molecule has 0 unspecified atom stereocenters. The van der Waals surface area contributed by atoms with Gasteiger partial charge in [0.25, 0.3) is 11.8 Å². The minimum Gasteiger partial charge on any atom is -0.472 e. The first-order chi connectivity index (χ1) is 10.7. The Hall–Kier alpha value is -2.15. The Labute approximate surface area is 132 Å². The van der Waals surface area contributed by atoms with E-state index in [-0.39, 0.29) is 11.8 Å². The van der Waals surface area contributed by atoms with Crippen molar-refractivity contribution in [1.82, 2.24) is 14.8 Å². The van der Waals surface area contributed by atoms with E-state index in [1.54, 1.807) is 16.5 Å². The lowest BCUT2D eigenvalue weighted by Crippen LogP contribution is -2.37. The molecule has 0 atom stereocenters. The van der Waals surface area contributed by atoms with E-state index in [9.17, 15) is 9.59 Å². The lowest BCUT2D eigenvalue weighted by Gasteiger charge is -2.21. The molecular formula is C15H17N3O3S. The molecule has 3 heterocycles. The highest BCUT2D eigenvalue weighted by atomic mass is 32.1. The molecule has 0 bridgehead atoms. The Bertz CT molecular complexity index is 665. The minimum atomic E-state index is -0.0444. The Kier molecular flexibility index (Phi) is 4.24. The zero-order valence-corrected chi connectivity index (χ0v) is 13.1. The summed E-state index contributed by atoms with van der Waals surface area (Å²) >= 11 is 1.37. The van der Waals surface area contributed by atoms with Crippen LogP contribution in [-0.4, -0.2) is 52.8 Å². The predicted molar refractivity (Wildman–Crippen MR) is 82.0 cm³/mol. The van der Waals surface area contributed by atoms with Gasteiger partial charge in [0.2, 0.25) is 0 Å². The van der Waals surface area contributed by atoms with E-state index in [0.717, 1.165) is 12.1 Å². The molecule has 22 heavy (non-hydrogen) atoms. The number of hydrogen-bond donors (Lipinski definition) is 0. The van der Waals surface area contributed by atoms with Crippen LogP contribution in [-0.2, 0) is 0 Å². The van der Waals surface area contributed by atoms with E-state index >= 15 is 0 Å².